The third kappa shape index (κ3) is 1.15. The summed E-state index contributed by atoms with van der Waals surface area (Å²) in [5.74, 6) is 1.67. The summed E-state index contributed by atoms with van der Waals surface area (Å²) >= 11 is 0. The lowest BCUT2D eigenvalue weighted by Crippen LogP contribution is -2.20. The second-order valence-electron chi connectivity index (χ2n) is 2.13. The van der Waals surface area contributed by atoms with Crippen molar-refractivity contribution in [3.8, 4) is 17.2 Å². The van der Waals surface area contributed by atoms with Crippen molar-refractivity contribution < 1.29 is 19.4 Å². The first-order chi connectivity index (χ1) is 5.27. The molecule has 1 aliphatic rings. The molecule has 2 N–H and O–H groups in total. The highest BCUT2D eigenvalue weighted by atomic mass is 16.6. The molecular formula is C6H5BO4. The van der Waals surface area contributed by atoms with Crippen molar-refractivity contribution in [2.45, 2.75) is 0 Å². The van der Waals surface area contributed by atoms with Gasteiger partial charge in [0.25, 0.3) is 0 Å². The highest BCUT2D eigenvalue weighted by molar-refractivity contribution is 6.33. The Labute approximate surface area is 63.2 Å². The van der Waals surface area contributed by atoms with Crippen LogP contribution in [0, 0.1) is 0 Å². The molecule has 0 saturated heterocycles. The molecule has 2 rings (SSSR count). The second-order valence-corrected chi connectivity index (χ2v) is 2.13. The van der Waals surface area contributed by atoms with Gasteiger partial charge < -0.3 is 19.4 Å². The predicted molar refractivity (Wildman–Crippen MR) is 37.3 cm³/mol. The lowest BCUT2D eigenvalue weighted by atomic mass is 10.2. The standard InChI is InChI=1S/C6H5BO4/c8-7(9)11-5-3-1-2-4-6(5)10-4/h1-3,8-9H. The number of ether oxygens (including phenoxy) is 1. The number of para-hydroxylation sites is 1. The summed E-state index contributed by atoms with van der Waals surface area (Å²) in [7, 11) is -1.79. The monoisotopic (exact) mass is 152 g/mol. The van der Waals surface area contributed by atoms with E-state index in [4.69, 9.17) is 14.8 Å². The van der Waals surface area contributed by atoms with Gasteiger partial charge in [0, 0.05) is 0 Å². The molecule has 1 aromatic rings. The van der Waals surface area contributed by atoms with Crippen LogP contribution in [0.15, 0.2) is 18.2 Å². The average molecular weight is 152 g/mol. The maximum atomic E-state index is 8.43. The van der Waals surface area contributed by atoms with Crippen molar-refractivity contribution in [3.63, 3.8) is 0 Å². The number of fused-ring (bicyclic) bond motifs is 1. The van der Waals surface area contributed by atoms with Crippen LogP contribution in [-0.2, 0) is 0 Å². The molecule has 1 aliphatic heterocycles. The molecule has 0 bridgehead atoms. The molecule has 0 amide bonds. The van der Waals surface area contributed by atoms with Crippen molar-refractivity contribution >= 4 is 7.32 Å². The first-order valence-electron chi connectivity index (χ1n) is 3.11. The lowest BCUT2D eigenvalue weighted by Gasteiger charge is -1.99. The van der Waals surface area contributed by atoms with Crippen molar-refractivity contribution in [2.24, 2.45) is 0 Å². The SMILES string of the molecule is OB(O)Oc1cccc2c1O2. The number of hydrogen-bond donors (Lipinski definition) is 2. The van der Waals surface area contributed by atoms with Gasteiger partial charge in [-0.05, 0) is 12.1 Å². The highest BCUT2D eigenvalue weighted by Crippen LogP contribution is 2.52. The Morgan fingerprint density at radius 2 is 2.18 bits per heavy atom. The van der Waals surface area contributed by atoms with E-state index in [9.17, 15) is 0 Å². The lowest BCUT2D eigenvalue weighted by molar-refractivity contribution is 0.287. The van der Waals surface area contributed by atoms with Gasteiger partial charge in [0.05, 0.1) is 0 Å². The largest absolute Gasteiger partial charge is 0.707 e. The van der Waals surface area contributed by atoms with E-state index in [1.807, 2.05) is 0 Å². The molecule has 0 aromatic heterocycles. The first kappa shape index (κ1) is 6.51. The van der Waals surface area contributed by atoms with E-state index in [1.165, 1.54) is 0 Å². The number of hydrogen-bond acceptors (Lipinski definition) is 4. The third-order valence-corrected chi connectivity index (χ3v) is 1.35. The van der Waals surface area contributed by atoms with Gasteiger partial charge in [-0.25, -0.2) is 0 Å². The van der Waals surface area contributed by atoms with Crippen molar-refractivity contribution in [3.05, 3.63) is 18.2 Å². The Morgan fingerprint density at radius 3 is 2.91 bits per heavy atom. The van der Waals surface area contributed by atoms with Crippen LogP contribution < -0.4 is 9.39 Å². The van der Waals surface area contributed by atoms with Gasteiger partial charge in [0.15, 0.2) is 5.75 Å². The molecule has 0 aliphatic carbocycles. The Balaban J connectivity index is 2.21. The van der Waals surface area contributed by atoms with E-state index in [1.54, 1.807) is 18.2 Å². The van der Waals surface area contributed by atoms with E-state index < -0.39 is 7.32 Å². The number of benzene rings is 1. The maximum absolute atomic E-state index is 8.43. The van der Waals surface area contributed by atoms with Crippen LogP contribution in [0.3, 0.4) is 0 Å². The van der Waals surface area contributed by atoms with Gasteiger partial charge in [-0.2, -0.15) is 0 Å². The molecule has 1 aromatic carbocycles. The Hall–Kier alpha value is -1.20. The molecule has 11 heavy (non-hydrogen) atoms. The normalized spacial score (nSPS) is 11.5. The van der Waals surface area contributed by atoms with E-state index in [2.05, 4.69) is 4.65 Å². The van der Waals surface area contributed by atoms with Crippen LogP contribution in [-0.4, -0.2) is 17.4 Å². The van der Waals surface area contributed by atoms with Gasteiger partial charge in [-0.15, -0.1) is 0 Å². The predicted octanol–water partition coefficient (Wildman–Crippen LogP) is 0.141. The molecule has 0 atom stereocenters. The minimum absolute atomic E-state index is 0.359. The smallest absolute Gasteiger partial charge is 0.509 e. The summed E-state index contributed by atoms with van der Waals surface area (Å²) in [6, 6.07) is 5.08. The van der Waals surface area contributed by atoms with Gasteiger partial charge in [0.1, 0.15) is 5.75 Å². The van der Waals surface area contributed by atoms with Gasteiger partial charge >= 0.3 is 7.32 Å². The summed E-state index contributed by atoms with van der Waals surface area (Å²) in [4.78, 5) is 0. The minimum atomic E-state index is -1.79. The van der Waals surface area contributed by atoms with Gasteiger partial charge in [-0.1, -0.05) is 6.07 Å². The zero-order chi connectivity index (χ0) is 7.84. The fraction of sp³-hybridized carbons (Fsp3) is 0. The van der Waals surface area contributed by atoms with Crippen LogP contribution in [0.2, 0.25) is 0 Å². The summed E-state index contributed by atoms with van der Waals surface area (Å²) in [5.41, 5.74) is 0. The summed E-state index contributed by atoms with van der Waals surface area (Å²) in [6.45, 7) is 0. The topological polar surface area (TPSA) is 62.2 Å². The molecule has 0 unspecified atom stereocenters. The van der Waals surface area contributed by atoms with Crippen LogP contribution in [0.5, 0.6) is 17.2 Å². The maximum Gasteiger partial charge on any atom is 0.707 e. The second kappa shape index (κ2) is 2.15. The molecule has 4 nitrogen and oxygen atoms in total. The first-order valence-corrected chi connectivity index (χ1v) is 3.11. The van der Waals surface area contributed by atoms with Crippen LogP contribution in [0.1, 0.15) is 0 Å². The Morgan fingerprint density at radius 1 is 1.36 bits per heavy atom. The van der Waals surface area contributed by atoms with Crippen molar-refractivity contribution in [1.29, 1.82) is 0 Å². The highest BCUT2D eigenvalue weighted by Gasteiger charge is 2.27. The van der Waals surface area contributed by atoms with E-state index >= 15 is 0 Å². The average Bonchev–Trinajstić information content (AvgIpc) is 2.65. The zero-order valence-electron chi connectivity index (χ0n) is 5.52. The minimum Gasteiger partial charge on any atom is -0.509 e. The molecule has 0 saturated carbocycles. The Kier molecular flexibility index (Phi) is 1.27. The molecule has 56 valence electrons. The summed E-state index contributed by atoms with van der Waals surface area (Å²) in [6.07, 6.45) is 0. The van der Waals surface area contributed by atoms with E-state index in [0.717, 1.165) is 5.75 Å². The van der Waals surface area contributed by atoms with E-state index in [-0.39, 0.29) is 0 Å². The van der Waals surface area contributed by atoms with Crippen LogP contribution in [0.25, 0.3) is 0 Å². The fourth-order valence-corrected chi connectivity index (χ4v) is 0.871. The molecule has 0 fully saturated rings. The molecule has 5 heteroatoms. The zero-order valence-corrected chi connectivity index (χ0v) is 5.52. The fourth-order valence-electron chi connectivity index (χ4n) is 0.871. The number of rotatable bonds is 2. The van der Waals surface area contributed by atoms with Gasteiger partial charge in [0.2, 0.25) is 5.75 Å². The molecule has 1 heterocycles. The molecule has 0 spiro atoms. The van der Waals surface area contributed by atoms with Crippen LogP contribution >= 0.6 is 0 Å². The molecular weight excluding hydrogens is 147 g/mol. The van der Waals surface area contributed by atoms with Crippen molar-refractivity contribution in [2.75, 3.05) is 0 Å². The van der Waals surface area contributed by atoms with Gasteiger partial charge in [-0.3, -0.25) is 0 Å². The Bertz CT molecular complexity index is 286. The quantitative estimate of drug-likeness (QED) is 0.474. The van der Waals surface area contributed by atoms with Crippen LogP contribution in [0.4, 0.5) is 0 Å². The molecule has 0 radical (unpaired) electrons. The third-order valence-electron chi connectivity index (χ3n) is 1.35. The summed E-state index contributed by atoms with van der Waals surface area (Å²) in [5, 5.41) is 16.9. The summed E-state index contributed by atoms with van der Waals surface area (Å²) < 4.78 is 9.51. The van der Waals surface area contributed by atoms with Crippen molar-refractivity contribution in [1.82, 2.24) is 0 Å². The van der Waals surface area contributed by atoms with E-state index in [0.29, 0.717) is 11.5 Å².